The van der Waals surface area contributed by atoms with E-state index < -0.39 is 11.7 Å². The third-order valence-electron chi connectivity index (χ3n) is 2.43. The minimum absolute atomic E-state index is 0.0191. The van der Waals surface area contributed by atoms with E-state index >= 15 is 0 Å². The van der Waals surface area contributed by atoms with Crippen molar-refractivity contribution in [2.45, 2.75) is 5.33 Å². The third-order valence-corrected chi connectivity index (χ3v) is 3.03. The molecule has 1 N–H and O–H groups in total. The quantitative estimate of drug-likeness (QED) is 0.883. The summed E-state index contributed by atoms with van der Waals surface area (Å²) >= 11 is 3.33. The molecule has 2 aromatic rings. The second-order valence-corrected chi connectivity index (χ2v) is 4.16. The maximum atomic E-state index is 13.4. The van der Waals surface area contributed by atoms with Gasteiger partial charge < -0.3 is 5.32 Å². The number of benzene rings is 1. The molecule has 0 fully saturated rings. The third kappa shape index (κ3) is 2.73. The van der Waals surface area contributed by atoms with E-state index in [9.17, 15) is 9.18 Å². The Kier molecular flexibility index (Phi) is 4.04. The normalized spacial score (nSPS) is 10.1. The van der Waals surface area contributed by atoms with Crippen molar-refractivity contribution >= 4 is 27.5 Å². The molecule has 0 atom stereocenters. The lowest BCUT2D eigenvalue weighted by Gasteiger charge is -2.09. The number of carbonyl (C=O) groups excluding carboxylic acids is 1. The van der Waals surface area contributed by atoms with Crippen molar-refractivity contribution in [3.63, 3.8) is 0 Å². The second-order valence-electron chi connectivity index (χ2n) is 3.60. The number of anilines is 1. The summed E-state index contributed by atoms with van der Waals surface area (Å²) in [6.45, 7) is 0. The van der Waals surface area contributed by atoms with Crippen LogP contribution in [0.3, 0.4) is 0 Å². The molecule has 0 aliphatic rings. The monoisotopic (exact) mass is 308 g/mol. The Bertz CT molecular complexity index is 574. The first kappa shape index (κ1) is 12.7. The van der Waals surface area contributed by atoms with Crippen LogP contribution in [0.15, 0.2) is 42.7 Å². The number of pyridine rings is 1. The van der Waals surface area contributed by atoms with Crippen LogP contribution in [0.5, 0.6) is 0 Å². The standard InChI is InChI=1S/C13H10BrFN2O/c14-7-9-3-1-2-4-12(9)17-13(18)10-5-6-16-8-11(10)15/h1-6,8H,7H2,(H,17,18). The summed E-state index contributed by atoms with van der Waals surface area (Å²) in [6, 6.07) is 8.69. The zero-order valence-corrected chi connectivity index (χ0v) is 10.9. The summed E-state index contributed by atoms with van der Waals surface area (Å²) in [5.41, 5.74) is 1.57. The van der Waals surface area contributed by atoms with Crippen LogP contribution in [-0.4, -0.2) is 10.9 Å². The molecule has 0 aliphatic heterocycles. The molecule has 0 aliphatic carbocycles. The highest BCUT2D eigenvalue weighted by atomic mass is 79.9. The molecule has 0 radical (unpaired) electrons. The van der Waals surface area contributed by atoms with Gasteiger partial charge >= 0.3 is 0 Å². The lowest BCUT2D eigenvalue weighted by Crippen LogP contribution is -2.14. The number of hydrogen-bond acceptors (Lipinski definition) is 2. The Balaban J connectivity index is 2.24. The molecule has 0 saturated heterocycles. The molecular formula is C13H10BrFN2O. The molecule has 0 spiro atoms. The molecule has 2 rings (SSSR count). The average molecular weight is 309 g/mol. The molecule has 1 heterocycles. The van der Waals surface area contributed by atoms with Gasteiger partial charge in [0, 0.05) is 17.2 Å². The molecule has 18 heavy (non-hydrogen) atoms. The summed E-state index contributed by atoms with van der Waals surface area (Å²) in [4.78, 5) is 15.5. The van der Waals surface area contributed by atoms with Crippen LogP contribution in [-0.2, 0) is 5.33 Å². The average Bonchev–Trinajstić information content (AvgIpc) is 2.39. The minimum Gasteiger partial charge on any atom is -0.322 e. The summed E-state index contributed by atoms with van der Waals surface area (Å²) < 4.78 is 13.4. The van der Waals surface area contributed by atoms with Crippen molar-refractivity contribution in [2.24, 2.45) is 0 Å². The van der Waals surface area contributed by atoms with E-state index in [1.165, 1.54) is 12.3 Å². The van der Waals surface area contributed by atoms with E-state index in [0.717, 1.165) is 11.8 Å². The Morgan fingerprint density at radius 2 is 2.11 bits per heavy atom. The van der Waals surface area contributed by atoms with Crippen molar-refractivity contribution in [1.29, 1.82) is 0 Å². The molecule has 3 nitrogen and oxygen atoms in total. The molecule has 92 valence electrons. The lowest BCUT2D eigenvalue weighted by molar-refractivity contribution is 0.102. The van der Waals surface area contributed by atoms with Gasteiger partial charge in [0.25, 0.3) is 5.91 Å². The van der Waals surface area contributed by atoms with E-state index in [1.807, 2.05) is 18.2 Å². The van der Waals surface area contributed by atoms with Gasteiger partial charge in [-0.25, -0.2) is 4.39 Å². The number of carbonyl (C=O) groups is 1. The van der Waals surface area contributed by atoms with Crippen LogP contribution < -0.4 is 5.32 Å². The number of hydrogen-bond donors (Lipinski definition) is 1. The van der Waals surface area contributed by atoms with E-state index in [0.29, 0.717) is 11.0 Å². The van der Waals surface area contributed by atoms with Gasteiger partial charge in [0.2, 0.25) is 0 Å². The highest BCUT2D eigenvalue weighted by Gasteiger charge is 2.12. The fourth-order valence-electron chi connectivity index (χ4n) is 1.51. The van der Waals surface area contributed by atoms with Crippen molar-refractivity contribution in [1.82, 2.24) is 4.98 Å². The Morgan fingerprint density at radius 1 is 1.33 bits per heavy atom. The van der Waals surface area contributed by atoms with Gasteiger partial charge in [0.1, 0.15) is 0 Å². The Hall–Kier alpha value is -1.75. The highest BCUT2D eigenvalue weighted by Crippen LogP contribution is 2.19. The van der Waals surface area contributed by atoms with Gasteiger partial charge in [-0.2, -0.15) is 0 Å². The van der Waals surface area contributed by atoms with Crippen LogP contribution in [0.2, 0.25) is 0 Å². The maximum Gasteiger partial charge on any atom is 0.258 e. The van der Waals surface area contributed by atoms with Gasteiger partial charge in [-0.3, -0.25) is 9.78 Å². The van der Waals surface area contributed by atoms with Gasteiger partial charge in [0.05, 0.1) is 11.8 Å². The summed E-state index contributed by atoms with van der Waals surface area (Å²) in [5.74, 6) is -1.12. The predicted octanol–water partition coefficient (Wildman–Crippen LogP) is 3.37. The van der Waals surface area contributed by atoms with Gasteiger partial charge in [-0.1, -0.05) is 34.1 Å². The van der Waals surface area contributed by atoms with Crippen molar-refractivity contribution in [2.75, 3.05) is 5.32 Å². The van der Waals surface area contributed by atoms with E-state index in [-0.39, 0.29) is 5.56 Å². The number of halogens is 2. The van der Waals surface area contributed by atoms with Crippen LogP contribution in [0.1, 0.15) is 15.9 Å². The van der Waals surface area contributed by atoms with Gasteiger partial charge in [-0.15, -0.1) is 0 Å². The summed E-state index contributed by atoms with van der Waals surface area (Å²) in [5, 5.41) is 3.30. The molecule has 1 amide bonds. The SMILES string of the molecule is O=C(Nc1ccccc1CBr)c1ccncc1F. The largest absolute Gasteiger partial charge is 0.322 e. The van der Waals surface area contributed by atoms with Crippen molar-refractivity contribution in [3.8, 4) is 0 Å². The topological polar surface area (TPSA) is 42.0 Å². The smallest absolute Gasteiger partial charge is 0.258 e. The molecule has 0 bridgehead atoms. The summed E-state index contributed by atoms with van der Waals surface area (Å²) in [6.07, 6.45) is 2.40. The van der Waals surface area contributed by atoms with E-state index in [1.54, 1.807) is 6.07 Å². The number of nitrogens with zero attached hydrogens (tertiary/aromatic N) is 1. The summed E-state index contributed by atoms with van der Waals surface area (Å²) in [7, 11) is 0. The molecule has 0 unspecified atom stereocenters. The first-order valence-corrected chi connectivity index (χ1v) is 6.39. The second kappa shape index (κ2) is 5.73. The van der Waals surface area contributed by atoms with Crippen LogP contribution in [0, 0.1) is 5.82 Å². The van der Waals surface area contributed by atoms with Crippen molar-refractivity contribution < 1.29 is 9.18 Å². The number of rotatable bonds is 3. The fraction of sp³-hybridized carbons (Fsp3) is 0.0769. The zero-order chi connectivity index (χ0) is 13.0. The first-order valence-electron chi connectivity index (χ1n) is 5.27. The fourth-order valence-corrected chi connectivity index (χ4v) is 2.00. The molecular weight excluding hydrogens is 299 g/mol. The molecule has 5 heteroatoms. The molecule has 0 saturated carbocycles. The number of aromatic nitrogens is 1. The van der Waals surface area contributed by atoms with Crippen LogP contribution in [0.25, 0.3) is 0 Å². The van der Waals surface area contributed by atoms with Crippen molar-refractivity contribution in [3.05, 3.63) is 59.7 Å². The maximum absolute atomic E-state index is 13.4. The number of alkyl halides is 1. The van der Waals surface area contributed by atoms with Gasteiger partial charge in [0.15, 0.2) is 5.82 Å². The zero-order valence-electron chi connectivity index (χ0n) is 9.36. The van der Waals surface area contributed by atoms with E-state index in [4.69, 9.17) is 0 Å². The lowest BCUT2D eigenvalue weighted by atomic mass is 10.2. The predicted molar refractivity (Wildman–Crippen MR) is 71.2 cm³/mol. The highest BCUT2D eigenvalue weighted by molar-refractivity contribution is 9.08. The van der Waals surface area contributed by atoms with Crippen LogP contribution >= 0.6 is 15.9 Å². The Labute approximate surface area is 112 Å². The molecule has 1 aromatic heterocycles. The molecule has 1 aromatic carbocycles. The minimum atomic E-state index is -0.633. The van der Waals surface area contributed by atoms with E-state index in [2.05, 4.69) is 26.2 Å². The number of para-hydroxylation sites is 1. The van der Waals surface area contributed by atoms with Crippen LogP contribution in [0.4, 0.5) is 10.1 Å². The number of amides is 1. The Morgan fingerprint density at radius 3 is 2.83 bits per heavy atom. The first-order chi connectivity index (χ1) is 8.72. The van der Waals surface area contributed by atoms with Gasteiger partial charge in [-0.05, 0) is 17.7 Å². The number of nitrogens with one attached hydrogen (secondary N) is 1.